The standard InChI is InChI=1S/C12H12FNO/c13-9-5-6-11(14)10(7-9)12(15)8-3-1-2-4-8/h3,5-7H,1-2,4,14H2. The number of nitrogen functional groups attached to an aromatic ring is 1. The van der Waals surface area contributed by atoms with Crippen molar-refractivity contribution in [2.45, 2.75) is 19.3 Å². The van der Waals surface area contributed by atoms with Gasteiger partial charge in [-0.1, -0.05) is 6.08 Å². The Hall–Kier alpha value is -1.64. The van der Waals surface area contributed by atoms with Gasteiger partial charge in [0.15, 0.2) is 5.78 Å². The van der Waals surface area contributed by atoms with Crippen molar-refractivity contribution in [2.75, 3.05) is 5.73 Å². The first-order chi connectivity index (χ1) is 7.18. The molecule has 0 atom stereocenters. The maximum absolute atomic E-state index is 13.0. The van der Waals surface area contributed by atoms with Crippen LogP contribution in [0.15, 0.2) is 29.8 Å². The van der Waals surface area contributed by atoms with E-state index in [1.165, 1.54) is 18.2 Å². The summed E-state index contributed by atoms with van der Waals surface area (Å²) in [7, 11) is 0. The number of halogens is 1. The molecule has 2 N–H and O–H groups in total. The van der Waals surface area contributed by atoms with Gasteiger partial charge in [0, 0.05) is 11.3 Å². The van der Waals surface area contributed by atoms with Crippen molar-refractivity contribution in [3.63, 3.8) is 0 Å². The molecule has 0 radical (unpaired) electrons. The van der Waals surface area contributed by atoms with E-state index in [1.807, 2.05) is 6.08 Å². The molecule has 0 unspecified atom stereocenters. The number of allylic oxidation sites excluding steroid dienone is 2. The lowest BCUT2D eigenvalue weighted by atomic mass is 10.0. The maximum atomic E-state index is 13.0. The Morgan fingerprint density at radius 2 is 2.20 bits per heavy atom. The van der Waals surface area contributed by atoms with Crippen LogP contribution in [-0.2, 0) is 0 Å². The number of carbonyl (C=O) groups is 1. The van der Waals surface area contributed by atoms with Crippen molar-refractivity contribution in [3.05, 3.63) is 41.2 Å². The highest BCUT2D eigenvalue weighted by molar-refractivity contribution is 6.11. The van der Waals surface area contributed by atoms with Gasteiger partial charge in [-0.05, 0) is 43.0 Å². The molecule has 1 aliphatic rings. The van der Waals surface area contributed by atoms with E-state index < -0.39 is 5.82 Å². The van der Waals surface area contributed by atoms with Crippen LogP contribution in [0.4, 0.5) is 10.1 Å². The molecule has 0 spiro atoms. The van der Waals surface area contributed by atoms with Gasteiger partial charge < -0.3 is 5.73 Å². The fourth-order valence-corrected chi connectivity index (χ4v) is 1.78. The van der Waals surface area contributed by atoms with Gasteiger partial charge in [-0.2, -0.15) is 0 Å². The van der Waals surface area contributed by atoms with Crippen LogP contribution in [0.25, 0.3) is 0 Å². The van der Waals surface area contributed by atoms with Gasteiger partial charge in [0.25, 0.3) is 0 Å². The lowest BCUT2D eigenvalue weighted by molar-refractivity contribution is 0.103. The number of nitrogens with two attached hydrogens (primary N) is 1. The lowest BCUT2D eigenvalue weighted by Crippen LogP contribution is -2.06. The smallest absolute Gasteiger partial charge is 0.190 e. The van der Waals surface area contributed by atoms with Gasteiger partial charge in [-0.25, -0.2) is 4.39 Å². The fraction of sp³-hybridized carbons (Fsp3) is 0.250. The molecule has 0 fully saturated rings. The highest BCUT2D eigenvalue weighted by atomic mass is 19.1. The minimum Gasteiger partial charge on any atom is -0.398 e. The molecular formula is C12H12FNO. The fourth-order valence-electron chi connectivity index (χ4n) is 1.78. The first-order valence-corrected chi connectivity index (χ1v) is 4.97. The first kappa shape index (κ1) is 9.90. The average Bonchev–Trinajstić information content (AvgIpc) is 2.74. The summed E-state index contributed by atoms with van der Waals surface area (Å²) >= 11 is 0. The summed E-state index contributed by atoms with van der Waals surface area (Å²) in [6.45, 7) is 0. The molecule has 15 heavy (non-hydrogen) atoms. The van der Waals surface area contributed by atoms with E-state index >= 15 is 0 Å². The van der Waals surface area contributed by atoms with Crippen LogP contribution in [0.5, 0.6) is 0 Å². The number of benzene rings is 1. The van der Waals surface area contributed by atoms with E-state index in [1.54, 1.807) is 0 Å². The summed E-state index contributed by atoms with van der Waals surface area (Å²) in [6, 6.07) is 3.89. The van der Waals surface area contributed by atoms with Gasteiger partial charge in [0.2, 0.25) is 0 Å². The molecule has 0 saturated heterocycles. The quantitative estimate of drug-likeness (QED) is 0.595. The SMILES string of the molecule is Nc1ccc(F)cc1C(=O)C1=CCCC1. The van der Waals surface area contributed by atoms with Gasteiger partial charge in [0.1, 0.15) is 5.82 Å². The number of hydrogen-bond acceptors (Lipinski definition) is 2. The van der Waals surface area contributed by atoms with Crippen molar-refractivity contribution < 1.29 is 9.18 Å². The first-order valence-electron chi connectivity index (χ1n) is 4.97. The Bertz CT molecular complexity index is 437. The number of anilines is 1. The summed E-state index contributed by atoms with van der Waals surface area (Å²) in [5.74, 6) is -0.560. The van der Waals surface area contributed by atoms with E-state index in [0.717, 1.165) is 24.8 Å². The van der Waals surface area contributed by atoms with Crippen molar-refractivity contribution in [2.24, 2.45) is 0 Å². The van der Waals surface area contributed by atoms with E-state index in [9.17, 15) is 9.18 Å². The molecule has 0 aromatic heterocycles. The van der Waals surface area contributed by atoms with Crippen LogP contribution in [0.3, 0.4) is 0 Å². The predicted octanol–water partition coefficient (Wildman–Crippen LogP) is 2.70. The molecule has 0 saturated carbocycles. The van der Waals surface area contributed by atoms with E-state index in [4.69, 9.17) is 5.73 Å². The van der Waals surface area contributed by atoms with Crippen molar-refractivity contribution in [1.82, 2.24) is 0 Å². The van der Waals surface area contributed by atoms with Crippen molar-refractivity contribution in [1.29, 1.82) is 0 Å². The second-order valence-electron chi connectivity index (χ2n) is 3.68. The summed E-state index contributed by atoms with van der Waals surface area (Å²) in [6.07, 6.45) is 4.61. The molecule has 3 heteroatoms. The number of carbonyl (C=O) groups excluding carboxylic acids is 1. The third-order valence-electron chi connectivity index (χ3n) is 2.59. The molecule has 1 aromatic rings. The Labute approximate surface area is 87.6 Å². The van der Waals surface area contributed by atoms with Crippen LogP contribution < -0.4 is 5.73 Å². The molecule has 1 aromatic carbocycles. The third-order valence-corrected chi connectivity index (χ3v) is 2.59. The van der Waals surface area contributed by atoms with Crippen LogP contribution in [0, 0.1) is 5.82 Å². The van der Waals surface area contributed by atoms with Crippen LogP contribution >= 0.6 is 0 Å². The zero-order chi connectivity index (χ0) is 10.8. The van der Waals surface area contributed by atoms with E-state index in [-0.39, 0.29) is 11.3 Å². The summed E-state index contributed by atoms with van der Waals surface area (Å²) in [5, 5.41) is 0. The number of Topliss-reactive ketones (excluding diaryl/α,β-unsaturated/α-hetero) is 1. The second-order valence-corrected chi connectivity index (χ2v) is 3.68. The van der Waals surface area contributed by atoms with Gasteiger partial charge in [-0.15, -0.1) is 0 Å². The molecule has 2 nitrogen and oxygen atoms in total. The Morgan fingerprint density at radius 3 is 2.87 bits per heavy atom. The summed E-state index contributed by atoms with van der Waals surface area (Å²) in [5.41, 5.74) is 7.02. The van der Waals surface area contributed by atoms with Crippen molar-refractivity contribution >= 4 is 11.5 Å². The molecule has 0 heterocycles. The monoisotopic (exact) mass is 205 g/mol. The number of ketones is 1. The molecule has 1 aliphatic carbocycles. The molecule has 2 rings (SSSR count). The molecular weight excluding hydrogens is 193 g/mol. The summed E-state index contributed by atoms with van der Waals surface area (Å²) in [4.78, 5) is 11.9. The highest BCUT2D eigenvalue weighted by Gasteiger charge is 2.17. The number of rotatable bonds is 2. The number of hydrogen-bond donors (Lipinski definition) is 1. The maximum Gasteiger partial charge on any atom is 0.190 e. The molecule has 0 bridgehead atoms. The largest absolute Gasteiger partial charge is 0.398 e. The highest BCUT2D eigenvalue weighted by Crippen LogP contribution is 2.24. The zero-order valence-corrected chi connectivity index (χ0v) is 8.29. The Kier molecular flexibility index (Phi) is 2.54. The van der Waals surface area contributed by atoms with Crippen molar-refractivity contribution in [3.8, 4) is 0 Å². The second kappa shape index (κ2) is 3.85. The predicted molar refractivity (Wildman–Crippen MR) is 57.1 cm³/mol. The normalized spacial score (nSPS) is 15.1. The lowest BCUT2D eigenvalue weighted by Gasteiger charge is -2.05. The van der Waals surface area contributed by atoms with Crippen LogP contribution in [-0.4, -0.2) is 5.78 Å². The topological polar surface area (TPSA) is 43.1 Å². The van der Waals surface area contributed by atoms with Gasteiger partial charge >= 0.3 is 0 Å². The molecule has 0 amide bonds. The summed E-state index contributed by atoms with van der Waals surface area (Å²) < 4.78 is 13.0. The molecule has 78 valence electrons. The van der Waals surface area contributed by atoms with E-state index in [2.05, 4.69) is 0 Å². The van der Waals surface area contributed by atoms with Crippen LogP contribution in [0.1, 0.15) is 29.6 Å². The van der Waals surface area contributed by atoms with Crippen LogP contribution in [0.2, 0.25) is 0 Å². The minimum atomic E-state index is -0.425. The van der Waals surface area contributed by atoms with E-state index in [0.29, 0.717) is 5.69 Å². The minimum absolute atomic E-state index is 0.135. The zero-order valence-electron chi connectivity index (χ0n) is 8.29. The Balaban J connectivity index is 2.36. The van der Waals surface area contributed by atoms with Gasteiger partial charge in [-0.3, -0.25) is 4.79 Å². The third kappa shape index (κ3) is 1.91. The Morgan fingerprint density at radius 1 is 1.40 bits per heavy atom. The molecule has 0 aliphatic heterocycles. The average molecular weight is 205 g/mol. The van der Waals surface area contributed by atoms with Gasteiger partial charge in [0.05, 0.1) is 0 Å².